The molecule has 0 aromatic heterocycles. The summed E-state index contributed by atoms with van der Waals surface area (Å²) in [5, 5.41) is 10.8. The van der Waals surface area contributed by atoms with Gasteiger partial charge >= 0.3 is 0 Å². The summed E-state index contributed by atoms with van der Waals surface area (Å²) in [6, 6.07) is 18.4. The number of aromatic hydroxyl groups is 1. The summed E-state index contributed by atoms with van der Waals surface area (Å²) in [7, 11) is 0. The van der Waals surface area contributed by atoms with Crippen LogP contribution in [-0.2, 0) is 0 Å². The third kappa shape index (κ3) is 3.09. The lowest BCUT2D eigenvalue weighted by atomic mass is 9.90. The first-order valence-electron chi connectivity index (χ1n) is 10.2. The number of para-hydroxylation sites is 1. The minimum atomic E-state index is -0.401. The number of hydrogen-bond acceptors (Lipinski definition) is 3. The number of imide groups is 1. The Bertz CT molecular complexity index is 1160. The first-order chi connectivity index (χ1) is 14.3. The number of fused-ring (bicyclic) bond motifs is 1. The van der Waals surface area contributed by atoms with Crippen LogP contribution in [0.2, 0.25) is 0 Å². The second kappa shape index (κ2) is 7.45. The largest absolute Gasteiger partial charge is 0.507 e. The van der Waals surface area contributed by atoms with Crippen molar-refractivity contribution in [2.75, 3.05) is 4.90 Å². The molecular formula is C26H25NO3. The molecule has 0 bridgehead atoms. The monoisotopic (exact) mass is 399 g/mol. The molecule has 2 amide bonds. The van der Waals surface area contributed by atoms with Gasteiger partial charge in [-0.05, 0) is 46.7 Å². The van der Waals surface area contributed by atoms with Crippen molar-refractivity contribution in [1.29, 1.82) is 0 Å². The number of hydrogen-bond donors (Lipinski definition) is 1. The van der Waals surface area contributed by atoms with Crippen LogP contribution in [0.5, 0.6) is 5.75 Å². The Morgan fingerprint density at radius 1 is 0.667 bits per heavy atom. The molecule has 1 aliphatic rings. The first-order valence-corrected chi connectivity index (χ1v) is 10.2. The second-order valence-corrected chi connectivity index (χ2v) is 8.32. The zero-order chi connectivity index (χ0) is 21.6. The van der Waals surface area contributed by atoms with Gasteiger partial charge in [-0.2, -0.15) is 0 Å². The number of carbonyl (C=O) groups is 2. The Hall–Kier alpha value is -3.40. The van der Waals surface area contributed by atoms with Crippen molar-refractivity contribution in [3.05, 3.63) is 82.9 Å². The summed E-state index contributed by atoms with van der Waals surface area (Å²) in [4.78, 5) is 27.7. The maximum absolute atomic E-state index is 13.3. The van der Waals surface area contributed by atoms with Crippen molar-refractivity contribution >= 4 is 17.5 Å². The quantitative estimate of drug-likeness (QED) is 0.539. The third-order valence-electron chi connectivity index (χ3n) is 5.68. The number of anilines is 1. The van der Waals surface area contributed by atoms with Crippen LogP contribution in [0.15, 0.2) is 60.7 Å². The van der Waals surface area contributed by atoms with E-state index >= 15 is 0 Å². The van der Waals surface area contributed by atoms with E-state index in [4.69, 9.17) is 0 Å². The van der Waals surface area contributed by atoms with Crippen molar-refractivity contribution in [2.24, 2.45) is 0 Å². The van der Waals surface area contributed by atoms with Gasteiger partial charge in [0.15, 0.2) is 0 Å². The molecule has 1 heterocycles. The van der Waals surface area contributed by atoms with Gasteiger partial charge in [0.25, 0.3) is 11.8 Å². The maximum Gasteiger partial charge on any atom is 0.266 e. The standard InChI is InChI=1S/C26H25NO3/c1-15(2)17-9-5-6-11-19(17)20-13-21-22(14-24(20)28)26(30)27(25(21)29)23-12-8-7-10-18(23)16(3)4/h5-16,28H,1-4H3. The number of nitrogens with zero attached hydrogens (tertiary/aromatic N) is 1. The average molecular weight is 399 g/mol. The second-order valence-electron chi connectivity index (χ2n) is 8.32. The Balaban J connectivity index is 1.86. The normalized spacial score (nSPS) is 13.5. The molecule has 0 unspecified atom stereocenters. The van der Waals surface area contributed by atoms with Crippen molar-refractivity contribution in [1.82, 2.24) is 0 Å². The zero-order valence-electron chi connectivity index (χ0n) is 17.6. The highest BCUT2D eigenvalue weighted by Gasteiger charge is 2.39. The number of benzene rings is 3. The van der Waals surface area contributed by atoms with Crippen LogP contribution >= 0.6 is 0 Å². The van der Waals surface area contributed by atoms with Gasteiger partial charge in [0, 0.05) is 5.56 Å². The molecule has 3 aromatic carbocycles. The van der Waals surface area contributed by atoms with Gasteiger partial charge in [-0.1, -0.05) is 70.2 Å². The van der Waals surface area contributed by atoms with Gasteiger partial charge in [-0.25, -0.2) is 4.90 Å². The van der Waals surface area contributed by atoms with Crippen LogP contribution in [0.25, 0.3) is 11.1 Å². The molecule has 0 aliphatic carbocycles. The van der Waals surface area contributed by atoms with Gasteiger partial charge in [-0.15, -0.1) is 0 Å². The summed E-state index contributed by atoms with van der Waals surface area (Å²) >= 11 is 0. The summed E-state index contributed by atoms with van der Waals surface area (Å²) < 4.78 is 0. The number of phenolic OH excluding ortho intramolecular Hbond substituents is 1. The van der Waals surface area contributed by atoms with Crippen LogP contribution < -0.4 is 4.90 Å². The third-order valence-corrected chi connectivity index (χ3v) is 5.68. The highest BCUT2D eigenvalue weighted by molar-refractivity contribution is 6.35. The van der Waals surface area contributed by atoms with Gasteiger partial charge < -0.3 is 5.11 Å². The Kier molecular flexibility index (Phi) is 4.94. The molecule has 0 fully saturated rings. The van der Waals surface area contributed by atoms with Crippen LogP contribution in [0.3, 0.4) is 0 Å². The number of phenols is 1. The highest BCUT2D eigenvalue weighted by atomic mass is 16.3. The SMILES string of the molecule is CC(C)c1ccccc1-c1cc2c(cc1O)C(=O)N(c1ccccc1C(C)C)C2=O. The first kappa shape index (κ1) is 19.9. The van der Waals surface area contributed by atoms with Crippen molar-refractivity contribution in [3.63, 3.8) is 0 Å². The van der Waals surface area contributed by atoms with E-state index in [9.17, 15) is 14.7 Å². The lowest BCUT2D eigenvalue weighted by Crippen LogP contribution is -2.30. The van der Waals surface area contributed by atoms with Crippen molar-refractivity contribution < 1.29 is 14.7 Å². The summed E-state index contributed by atoms with van der Waals surface area (Å²) in [6.07, 6.45) is 0. The van der Waals surface area contributed by atoms with Crippen LogP contribution in [0.1, 0.15) is 71.4 Å². The maximum atomic E-state index is 13.3. The summed E-state index contributed by atoms with van der Waals surface area (Å²) in [5.74, 6) is -0.344. The highest BCUT2D eigenvalue weighted by Crippen LogP contribution is 2.40. The van der Waals surface area contributed by atoms with Crippen molar-refractivity contribution in [3.8, 4) is 16.9 Å². The fourth-order valence-electron chi connectivity index (χ4n) is 4.13. The molecular weight excluding hydrogens is 374 g/mol. The van der Waals surface area contributed by atoms with E-state index in [0.29, 0.717) is 16.8 Å². The molecule has 4 rings (SSSR count). The van der Waals surface area contributed by atoms with Crippen LogP contribution in [0.4, 0.5) is 5.69 Å². The molecule has 0 atom stereocenters. The van der Waals surface area contributed by atoms with Gasteiger partial charge in [0.1, 0.15) is 5.75 Å². The molecule has 0 saturated carbocycles. The molecule has 3 aromatic rings. The van der Waals surface area contributed by atoms with E-state index < -0.39 is 5.91 Å². The van der Waals surface area contributed by atoms with E-state index in [2.05, 4.69) is 13.8 Å². The molecule has 0 saturated heterocycles. The lowest BCUT2D eigenvalue weighted by Gasteiger charge is -2.20. The van der Waals surface area contributed by atoms with E-state index in [-0.39, 0.29) is 29.1 Å². The molecule has 0 radical (unpaired) electrons. The van der Waals surface area contributed by atoms with Crippen LogP contribution in [0, 0.1) is 0 Å². The van der Waals surface area contributed by atoms with E-state index in [1.807, 2.05) is 56.3 Å². The van der Waals surface area contributed by atoms with E-state index in [1.165, 1.54) is 11.0 Å². The molecule has 30 heavy (non-hydrogen) atoms. The predicted molar refractivity (Wildman–Crippen MR) is 119 cm³/mol. The van der Waals surface area contributed by atoms with E-state index in [0.717, 1.165) is 16.7 Å². The number of amides is 2. The predicted octanol–water partition coefficient (Wildman–Crippen LogP) is 6.11. The zero-order valence-corrected chi connectivity index (χ0v) is 17.6. The topological polar surface area (TPSA) is 57.6 Å². The molecule has 4 nitrogen and oxygen atoms in total. The molecule has 152 valence electrons. The fraction of sp³-hybridized carbons (Fsp3) is 0.231. The minimum absolute atomic E-state index is 0.00185. The Morgan fingerprint density at radius 3 is 1.83 bits per heavy atom. The number of carbonyl (C=O) groups excluding carboxylic acids is 2. The Morgan fingerprint density at radius 2 is 1.20 bits per heavy atom. The van der Waals surface area contributed by atoms with E-state index in [1.54, 1.807) is 12.1 Å². The molecule has 0 spiro atoms. The van der Waals surface area contributed by atoms with Gasteiger partial charge in [0.05, 0.1) is 16.8 Å². The average Bonchev–Trinajstić information content (AvgIpc) is 2.96. The van der Waals surface area contributed by atoms with Gasteiger partial charge in [0.2, 0.25) is 0 Å². The minimum Gasteiger partial charge on any atom is -0.507 e. The number of rotatable bonds is 4. The summed E-state index contributed by atoms with van der Waals surface area (Å²) in [5.41, 5.74) is 4.61. The molecule has 1 aliphatic heterocycles. The Labute approximate surface area is 176 Å². The van der Waals surface area contributed by atoms with Gasteiger partial charge in [-0.3, -0.25) is 9.59 Å². The van der Waals surface area contributed by atoms with Crippen molar-refractivity contribution in [2.45, 2.75) is 39.5 Å². The molecule has 4 heteroatoms. The lowest BCUT2D eigenvalue weighted by molar-refractivity contribution is 0.0925. The molecule has 1 N–H and O–H groups in total. The van der Waals surface area contributed by atoms with Crippen LogP contribution in [-0.4, -0.2) is 16.9 Å². The smallest absolute Gasteiger partial charge is 0.266 e. The summed E-state index contributed by atoms with van der Waals surface area (Å²) in [6.45, 7) is 8.23. The fourth-order valence-corrected chi connectivity index (χ4v) is 4.13.